The third-order valence-electron chi connectivity index (χ3n) is 4.00. The molecule has 2 heteroatoms. The van der Waals surface area contributed by atoms with Crippen molar-refractivity contribution in [2.45, 2.75) is 64.0 Å². The minimum absolute atomic E-state index is 0.505. The standard InChI is InChI=1S/C13H25NO/c1-2-14-12-7-4-8-13(12)15-10-9-11-5-3-6-11/h11-14H,2-10H2,1H3. The molecule has 0 aliphatic heterocycles. The van der Waals surface area contributed by atoms with E-state index in [4.69, 9.17) is 4.74 Å². The Morgan fingerprint density at radius 3 is 2.60 bits per heavy atom. The molecular weight excluding hydrogens is 186 g/mol. The number of hydrogen-bond donors (Lipinski definition) is 1. The van der Waals surface area contributed by atoms with Crippen LogP contribution in [0.15, 0.2) is 0 Å². The van der Waals surface area contributed by atoms with Gasteiger partial charge in [-0.25, -0.2) is 0 Å². The Bertz CT molecular complexity index is 179. The first-order chi connectivity index (χ1) is 7.40. The fourth-order valence-electron chi connectivity index (χ4n) is 2.79. The highest BCUT2D eigenvalue weighted by Gasteiger charge is 2.27. The van der Waals surface area contributed by atoms with Gasteiger partial charge in [-0.15, -0.1) is 0 Å². The molecule has 2 aliphatic rings. The number of hydrogen-bond acceptors (Lipinski definition) is 2. The summed E-state index contributed by atoms with van der Waals surface area (Å²) in [5, 5.41) is 3.54. The van der Waals surface area contributed by atoms with E-state index in [0.717, 1.165) is 19.1 Å². The van der Waals surface area contributed by atoms with Gasteiger partial charge in [0.25, 0.3) is 0 Å². The molecule has 2 atom stereocenters. The molecule has 0 aromatic carbocycles. The van der Waals surface area contributed by atoms with Gasteiger partial charge in [0, 0.05) is 12.6 Å². The summed E-state index contributed by atoms with van der Waals surface area (Å²) in [6.45, 7) is 4.26. The second-order valence-electron chi connectivity index (χ2n) is 5.09. The molecule has 0 amide bonds. The number of ether oxygens (including phenoxy) is 1. The van der Waals surface area contributed by atoms with Gasteiger partial charge in [-0.05, 0) is 38.1 Å². The highest BCUT2D eigenvalue weighted by molar-refractivity contribution is 4.83. The number of rotatable bonds is 6. The molecular formula is C13H25NO. The summed E-state index contributed by atoms with van der Waals surface area (Å²) >= 11 is 0. The molecule has 2 nitrogen and oxygen atoms in total. The Morgan fingerprint density at radius 2 is 1.93 bits per heavy atom. The highest BCUT2D eigenvalue weighted by Crippen LogP contribution is 2.30. The van der Waals surface area contributed by atoms with Crippen molar-refractivity contribution in [1.29, 1.82) is 0 Å². The summed E-state index contributed by atoms with van der Waals surface area (Å²) in [6.07, 6.45) is 10.1. The van der Waals surface area contributed by atoms with E-state index in [-0.39, 0.29) is 0 Å². The van der Waals surface area contributed by atoms with Gasteiger partial charge in [-0.1, -0.05) is 26.2 Å². The molecule has 15 heavy (non-hydrogen) atoms. The Hall–Kier alpha value is -0.0800. The van der Waals surface area contributed by atoms with Crippen LogP contribution in [-0.4, -0.2) is 25.3 Å². The van der Waals surface area contributed by atoms with Gasteiger partial charge in [-0.2, -0.15) is 0 Å². The van der Waals surface area contributed by atoms with Crippen molar-refractivity contribution in [3.05, 3.63) is 0 Å². The van der Waals surface area contributed by atoms with E-state index < -0.39 is 0 Å². The van der Waals surface area contributed by atoms with Crippen molar-refractivity contribution < 1.29 is 4.74 Å². The normalized spacial score (nSPS) is 31.8. The molecule has 0 spiro atoms. The maximum Gasteiger partial charge on any atom is 0.0728 e. The molecule has 0 bridgehead atoms. The van der Waals surface area contributed by atoms with Gasteiger partial charge in [-0.3, -0.25) is 0 Å². The third-order valence-corrected chi connectivity index (χ3v) is 4.00. The summed E-state index contributed by atoms with van der Waals surface area (Å²) in [7, 11) is 0. The monoisotopic (exact) mass is 211 g/mol. The van der Waals surface area contributed by atoms with Crippen molar-refractivity contribution in [3.63, 3.8) is 0 Å². The van der Waals surface area contributed by atoms with E-state index in [1.807, 2.05) is 0 Å². The molecule has 0 saturated heterocycles. The lowest BCUT2D eigenvalue weighted by molar-refractivity contribution is 0.0268. The molecule has 2 aliphatic carbocycles. The summed E-state index contributed by atoms with van der Waals surface area (Å²) < 4.78 is 6.01. The van der Waals surface area contributed by atoms with Crippen LogP contribution in [0, 0.1) is 5.92 Å². The van der Waals surface area contributed by atoms with E-state index in [1.54, 1.807) is 0 Å². The second kappa shape index (κ2) is 5.86. The van der Waals surface area contributed by atoms with Crippen molar-refractivity contribution in [2.24, 2.45) is 5.92 Å². The molecule has 0 radical (unpaired) electrons. The van der Waals surface area contributed by atoms with Gasteiger partial charge in [0.2, 0.25) is 0 Å². The fraction of sp³-hybridized carbons (Fsp3) is 1.00. The zero-order valence-corrected chi connectivity index (χ0v) is 10.0. The number of likely N-dealkylation sites (N-methyl/N-ethyl adjacent to an activating group) is 1. The van der Waals surface area contributed by atoms with Crippen molar-refractivity contribution in [2.75, 3.05) is 13.2 Å². The van der Waals surface area contributed by atoms with Crippen LogP contribution in [0.25, 0.3) is 0 Å². The van der Waals surface area contributed by atoms with E-state index in [0.29, 0.717) is 12.1 Å². The van der Waals surface area contributed by atoms with Gasteiger partial charge in [0.05, 0.1) is 6.10 Å². The van der Waals surface area contributed by atoms with Crippen LogP contribution >= 0.6 is 0 Å². The maximum atomic E-state index is 6.01. The third kappa shape index (κ3) is 3.18. The zero-order chi connectivity index (χ0) is 10.5. The lowest BCUT2D eigenvalue weighted by Gasteiger charge is -2.27. The summed E-state index contributed by atoms with van der Waals surface area (Å²) in [5.74, 6) is 0.990. The summed E-state index contributed by atoms with van der Waals surface area (Å²) in [5.41, 5.74) is 0. The molecule has 2 fully saturated rings. The van der Waals surface area contributed by atoms with Crippen molar-refractivity contribution >= 4 is 0 Å². The predicted octanol–water partition coefficient (Wildman–Crippen LogP) is 2.72. The van der Waals surface area contributed by atoms with E-state index in [9.17, 15) is 0 Å². The second-order valence-corrected chi connectivity index (χ2v) is 5.09. The average Bonchev–Trinajstić information content (AvgIpc) is 2.58. The van der Waals surface area contributed by atoms with Gasteiger partial charge < -0.3 is 10.1 Å². The minimum atomic E-state index is 0.505. The minimum Gasteiger partial charge on any atom is -0.377 e. The van der Waals surface area contributed by atoms with Crippen LogP contribution in [0.2, 0.25) is 0 Å². The van der Waals surface area contributed by atoms with Gasteiger partial charge in [0.15, 0.2) is 0 Å². The SMILES string of the molecule is CCNC1CCCC1OCCC1CCC1. The lowest BCUT2D eigenvalue weighted by atomic mass is 9.83. The van der Waals surface area contributed by atoms with Crippen LogP contribution in [0.1, 0.15) is 51.9 Å². The van der Waals surface area contributed by atoms with Crippen LogP contribution in [-0.2, 0) is 4.74 Å². The lowest BCUT2D eigenvalue weighted by Crippen LogP contribution is -2.37. The Kier molecular flexibility index (Phi) is 4.45. The van der Waals surface area contributed by atoms with Gasteiger partial charge in [0.1, 0.15) is 0 Å². The van der Waals surface area contributed by atoms with Crippen LogP contribution in [0.5, 0.6) is 0 Å². The Morgan fingerprint density at radius 1 is 1.13 bits per heavy atom. The van der Waals surface area contributed by atoms with Crippen LogP contribution in [0.4, 0.5) is 0 Å². The molecule has 0 aromatic heterocycles. The Balaban J connectivity index is 1.59. The maximum absolute atomic E-state index is 6.01. The largest absolute Gasteiger partial charge is 0.377 e. The first kappa shape index (κ1) is 11.4. The molecule has 1 N–H and O–H groups in total. The molecule has 2 unspecified atom stereocenters. The van der Waals surface area contributed by atoms with E-state index in [1.165, 1.54) is 44.9 Å². The first-order valence-electron chi connectivity index (χ1n) is 6.75. The quantitative estimate of drug-likeness (QED) is 0.729. The predicted molar refractivity (Wildman–Crippen MR) is 63.0 cm³/mol. The van der Waals surface area contributed by atoms with E-state index in [2.05, 4.69) is 12.2 Å². The average molecular weight is 211 g/mol. The van der Waals surface area contributed by atoms with Crippen LogP contribution < -0.4 is 5.32 Å². The van der Waals surface area contributed by atoms with E-state index >= 15 is 0 Å². The van der Waals surface area contributed by atoms with Crippen molar-refractivity contribution in [3.8, 4) is 0 Å². The number of nitrogens with one attached hydrogen (secondary N) is 1. The molecule has 0 aromatic rings. The van der Waals surface area contributed by atoms with Crippen molar-refractivity contribution in [1.82, 2.24) is 5.32 Å². The smallest absolute Gasteiger partial charge is 0.0728 e. The first-order valence-corrected chi connectivity index (χ1v) is 6.75. The molecule has 0 heterocycles. The summed E-state index contributed by atoms with van der Waals surface area (Å²) in [6, 6.07) is 0.636. The Labute approximate surface area is 93.8 Å². The molecule has 2 saturated carbocycles. The van der Waals surface area contributed by atoms with Crippen LogP contribution in [0.3, 0.4) is 0 Å². The molecule has 2 rings (SSSR count). The summed E-state index contributed by atoms with van der Waals surface area (Å²) in [4.78, 5) is 0. The zero-order valence-electron chi connectivity index (χ0n) is 10.0. The van der Waals surface area contributed by atoms with Gasteiger partial charge >= 0.3 is 0 Å². The fourth-order valence-corrected chi connectivity index (χ4v) is 2.79. The topological polar surface area (TPSA) is 21.3 Å². The molecule has 88 valence electrons. The highest BCUT2D eigenvalue weighted by atomic mass is 16.5.